The van der Waals surface area contributed by atoms with E-state index in [4.69, 9.17) is 14.2 Å². The quantitative estimate of drug-likeness (QED) is 0.438. The number of benzene rings is 2. The summed E-state index contributed by atoms with van der Waals surface area (Å²) in [6, 6.07) is 13.4. The van der Waals surface area contributed by atoms with E-state index in [1.165, 1.54) is 0 Å². The van der Waals surface area contributed by atoms with Crippen molar-refractivity contribution in [2.24, 2.45) is 0 Å². The summed E-state index contributed by atoms with van der Waals surface area (Å²) < 4.78 is 17.8. The third kappa shape index (κ3) is 5.84. The van der Waals surface area contributed by atoms with E-state index < -0.39 is 17.5 Å². The Morgan fingerprint density at radius 3 is 2.26 bits per heavy atom. The van der Waals surface area contributed by atoms with Gasteiger partial charge in [0.15, 0.2) is 12.3 Å². The zero-order chi connectivity index (χ0) is 25.0. The highest BCUT2D eigenvalue weighted by atomic mass is 16.6. The van der Waals surface area contributed by atoms with Crippen molar-refractivity contribution in [1.82, 2.24) is 9.78 Å². The average Bonchev–Trinajstić information content (AvgIpc) is 3.08. The second-order valence-corrected chi connectivity index (χ2v) is 9.14. The minimum absolute atomic E-state index is 0.157. The van der Waals surface area contributed by atoms with Crippen LogP contribution in [0.25, 0.3) is 16.9 Å². The molecule has 0 unspecified atom stereocenters. The lowest BCUT2D eigenvalue weighted by Crippen LogP contribution is -2.24. The molecule has 1 aromatic heterocycles. The second-order valence-electron chi connectivity index (χ2n) is 9.14. The molecule has 0 saturated carbocycles. The first kappa shape index (κ1) is 25.0. The molecule has 0 radical (unpaired) electrons. The largest absolute Gasteiger partial charge is 0.482 e. The van der Waals surface area contributed by atoms with E-state index in [0.717, 1.165) is 33.6 Å². The summed E-state index contributed by atoms with van der Waals surface area (Å²) in [5.41, 5.74) is 5.04. The molecule has 34 heavy (non-hydrogen) atoms. The molecular weight excluding hydrogens is 432 g/mol. The molecule has 0 aliphatic carbocycles. The Labute approximate surface area is 200 Å². The van der Waals surface area contributed by atoms with Gasteiger partial charge in [-0.1, -0.05) is 17.7 Å². The van der Waals surface area contributed by atoms with Crippen LogP contribution in [-0.4, -0.2) is 40.5 Å². The van der Waals surface area contributed by atoms with E-state index in [2.05, 4.69) is 11.2 Å². The van der Waals surface area contributed by atoms with Crippen LogP contribution < -0.4 is 4.74 Å². The first-order valence-corrected chi connectivity index (χ1v) is 11.3. The molecule has 0 spiro atoms. The fourth-order valence-electron chi connectivity index (χ4n) is 3.63. The average molecular weight is 465 g/mol. The Balaban J connectivity index is 2.04. The fraction of sp³-hybridized carbons (Fsp3) is 0.370. The minimum Gasteiger partial charge on any atom is -0.482 e. The molecule has 7 nitrogen and oxygen atoms in total. The van der Waals surface area contributed by atoms with E-state index in [1.807, 2.05) is 65.8 Å². The van der Waals surface area contributed by atoms with Crippen molar-refractivity contribution in [3.05, 3.63) is 64.8 Å². The Kier molecular flexibility index (Phi) is 7.44. The van der Waals surface area contributed by atoms with Crippen LogP contribution in [0.3, 0.4) is 0 Å². The van der Waals surface area contributed by atoms with Crippen molar-refractivity contribution in [1.29, 1.82) is 0 Å². The second kappa shape index (κ2) is 10.1. The van der Waals surface area contributed by atoms with Gasteiger partial charge >= 0.3 is 11.9 Å². The Morgan fingerprint density at radius 2 is 1.68 bits per heavy atom. The summed E-state index contributed by atoms with van der Waals surface area (Å²) in [5, 5.41) is 4.68. The number of carbonyl (C=O) groups is 2. The van der Waals surface area contributed by atoms with Gasteiger partial charge in [-0.3, -0.25) is 0 Å². The van der Waals surface area contributed by atoms with Crippen LogP contribution in [0.2, 0.25) is 0 Å². The Bertz CT molecular complexity index is 1190. The third-order valence-electron chi connectivity index (χ3n) is 5.08. The Morgan fingerprint density at radius 1 is 1.00 bits per heavy atom. The monoisotopic (exact) mass is 464 g/mol. The van der Waals surface area contributed by atoms with Crippen LogP contribution in [0.1, 0.15) is 54.9 Å². The predicted octanol–water partition coefficient (Wildman–Crippen LogP) is 5.36. The molecule has 1 heterocycles. The molecule has 0 aliphatic heterocycles. The van der Waals surface area contributed by atoms with Crippen molar-refractivity contribution in [3.63, 3.8) is 0 Å². The number of esters is 2. The van der Waals surface area contributed by atoms with Crippen LogP contribution in [0.5, 0.6) is 5.75 Å². The maximum atomic E-state index is 12.9. The number of rotatable bonds is 7. The van der Waals surface area contributed by atoms with Gasteiger partial charge in [0.25, 0.3) is 0 Å². The van der Waals surface area contributed by atoms with Gasteiger partial charge in [-0.2, -0.15) is 5.10 Å². The van der Waals surface area contributed by atoms with Gasteiger partial charge in [0, 0.05) is 11.1 Å². The smallest absolute Gasteiger partial charge is 0.359 e. The molecular formula is C27H32N2O5. The summed E-state index contributed by atoms with van der Waals surface area (Å²) in [6.45, 7) is 13.3. The molecule has 2 aromatic carbocycles. The SMILES string of the molecule is CCOC(=O)COc1ccc(-c2c(C)c(C(=O)OC(C)(C)C)nn2-c2ccc(C)cc2C)cc1. The number of nitrogens with zero attached hydrogens (tertiary/aromatic N) is 2. The highest BCUT2D eigenvalue weighted by Crippen LogP contribution is 2.32. The maximum absolute atomic E-state index is 12.9. The maximum Gasteiger partial charge on any atom is 0.359 e. The van der Waals surface area contributed by atoms with Crippen molar-refractivity contribution >= 4 is 11.9 Å². The predicted molar refractivity (Wildman–Crippen MR) is 131 cm³/mol. The summed E-state index contributed by atoms with van der Waals surface area (Å²) in [4.78, 5) is 24.5. The first-order chi connectivity index (χ1) is 16.0. The van der Waals surface area contributed by atoms with Crippen LogP contribution in [0.4, 0.5) is 0 Å². The third-order valence-corrected chi connectivity index (χ3v) is 5.08. The number of aryl methyl sites for hydroxylation is 2. The number of ether oxygens (including phenoxy) is 3. The van der Waals surface area contributed by atoms with Crippen LogP contribution in [0, 0.1) is 20.8 Å². The van der Waals surface area contributed by atoms with Crippen LogP contribution in [-0.2, 0) is 14.3 Å². The molecule has 3 rings (SSSR count). The molecule has 0 amide bonds. The van der Waals surface area contributed by atoms with Gasteiger partial charge in [0.2, 0.25) is 0 Å². The lowest BCUT2D eigenvalue weighted by Gasteiger charge is -2.18. The van der Waals surface area contributed by atoms with E-state index in [1.54, 1.807) is 23.7 Å². The number of carbonyl (C=O) groups excluding carboxylic acids is 2. The van der Waals surface area contributed by atoms with Gasteiger partial charge < -0.3 is 14.2 Å². The summed E-state index contributed by atoms with van der Waals surface area (Å²) in [6.07, 6.45) is 0. The van der Waals surface area contributed by atoms with E-state index in [9.17, 15) is 9.59 Å². The zero-order valence-corrected chi connectivity index (χ0v) is 20.9. The Hall–Kier alpha value is -3.61. The van der Waals surface area contributed by atoms with Crippen molar-refractivity contribution in [3.8, 4) is 22.7 Å². The molecule has 3 aromatic rings. The van der Waals surface area contributed by atoms with Gasteiger partial charge in [0.05, 0.1) is 18.0 Å². The van der Waals surface area contributed by atoms with E-state index in [-0.39, 0.29) is 12.3 Å². The van der Waals surface area contributed by atoms with E-state index in [0.29, 0.717) is 12.4 Å². The van der Waals surface area contributed by atoms with Gasteiger partial charge in [-0.15, -0.1) is 0 Å². The molecule has 7 heteroatoms. The standard InChI is InChI=1S/C27H32N2O5/c1-8-32-23(30)16-33-21-12-10-20(11-13-21)25-19(4)24(26(31)34-27(5,6)7)28-29(25)22-14-9-17(2)15-18(22)3/h9-15H,8,16H2,1-7H3. The molecule has 0 atom stereocenters. The van der Waals surface area contributed by atoms with Crippen molar-refractivity contribution in [2.45, 2.75) is 54.1 Å². The molecule has 0 fully saturated rings. The van der Waals surface area contributed by atoms with E-state index >= 15 is 0 Å². The van der Waals surface area contributed by atoms with Gasteiger partial charge in [0.1, 0.15) is 11.4 Å². The van der Waals surface area contributed by atoms with Gasteiger partial charge in [-0.05, 0) is 84.4 Å². The lowest BCUT2D eigenvalue weighted by molar-refractivity contribution is -0.145. The molecule has 180 valence electrons. The number of hydrogen-bond donors (Lipinski definition) is 0. The number of hydrogen-bond acceptors (Lipinski definition) is 6. The fourth-order valence-corrected chi connectivity index (χ4v) is 3.63. The minimum atomic E-state index is -0.634. The number of aromatic nitrogens is 2. The molecule has 0 bridgehead atoms. The molecule has 0 aliphatic rings. The van der Waals surface area contributed by atoms with Crippen molar-refractivity contribution < 1.29 is 23.8 Å². The topological polar surface area (TPSA) is 79.7 Å². The zero-order valence-electron chi connectivity index (χ0n) is 20.9. The molecule has 0 saturated heterocycles. The summed E-state index contributed by atoms with van der Waals surface area (Å²) in [7, 11) is 0. The summed E-state index contributed by atoms with van der Waals surface area (Å²) in [5.74, 6) is -0.346. The van der Waals surface area contributed by atoms with Crippen molar-refractivity contribution in [2.75, 3.05) is 13.2 Å². The first-order valence-electron chi connectivity index (χ1n) is 11.3. The van der Waals surface area contributed by atoms with Gasteiger partial charge in [-0.25, -0.2) is 14.3 Å². The summed E-state index contributed by atoms with van der Waals surface area (Å²) >= 11 is 0. The highest BCUT2D eigenvalue weighted by molar-refractivity contribution is 5.92. The normalized spacial score (nSPS) is 11.3. The van der Waals surface area contributed by atoms with Crippen LogP contribution in [0.15, 0.2) is 42.5 Å². The molecule has 0 N–H and O–H groups in total. The van der Waals surface area contributed by atoms with Crippen LogP contribution >= 0.6 is 0 Å². The lowest BCUT2D eigenvalue weighted by atomic mass is 10.1. The highest BCUT2D eigenvalue weighted by Gasteiger charge is 2.27.